The molecule has 4 atom stereocenters. The number of carbonyl (C=O) groups is 2. The number of halogens is 3. The second kappa shape index (κ2) is 10.1. The summed E-state index contributed by atoms with van der Waals surface area (Å²) < 4.78 is 16.1. The molecule has 3 N–H and O–H groups in total. The Kier molecular flexibility index (Phi) is 7.04. The number of benzene rings is 3. The molecular weight excluding hydrogens is 583 g/mol. The van der Waals surface area contributed by atoms with Crippen molar-refractivity contribution in [3.8, 4) is 6.07 Å². The Labute approximate surface area is 240 Å². The molecule has 0 saturated carbocycles. The van der Waals surface area contributed by atoms with Crippen molar-refractivity contribution >= 4 is 50.7 Å². The van der Waals surface area contributed by atoms with Crippen LogP contribution < -0.4 is 16.0 Å². The number of hydrogen-bond donors (Lipinski definition) is 3. The molecule has 3 aromatic carbocycles. The van der Waals surface area contributed by atoms with E-state index in [1.807, 2.05) is 0 Å². The summed E-state index contributed by atoms with van der Waals surface area (Å²) >= 11 is 9.58. The molecule has 6 nitrogen and oxygen atoms in total. The van der Waals surface area contributed by atoms with Gasteiger partial charge in [-0.25, -0.2) is 4.39 Å². The zero-order valence-corrected chi connectivity index (χ0v) is 24.0. The summed E-state index contributed by atoms with van der Waals surface area (Å²) in [4.78, 5) is 28.1. The van der Waals surface area contributed by atoms with E-state index < -0.39 is 35.1 Å². The number of hydrogen-bond acceptors (Lipinski definition) is 4. The van der Waals surface area contributed by atoms with E-state index in [-0.39, 0.29) is 21.4 Å². The van der Waals surface area contributed by atoms with Crippen molar-refractivity contribution in [3.63, 3.8) is 0 Å². The van der Waals surface area contributed by atoms with Crippen LogP contribution in [-0.4, -0.2) is 23.9 Å². The standard InChI is InChI=1S/C30H27BrClFN4O2/c1-29(2,3)14-23-30(20-12-9-17(32)13-22(20)36-28(30)39)24(19-5-4-6-21(31)25(19)33)26(37-23)27(38)35-18-10-7-16(15-34)8-11-18/h4-13,23-24,26,37H,14H2,1-3H3,(H,35,38)(H,36,39)/t23-,24-,26+,30+/m0/s1. The maximum atomic E-state index is 15.9. The van der Waals surface area contributed by atoms with Crippen molar-refractivity contribution in [1.82, 2.24) is 5.32 Å². The Hall–Kier alpha value is -3.25. The molecule has 1 fully saturated rings. The van der Waals surface area contributed by atoms with Crippen LogP contribution in [0.4, 0.5) is 15.8 Å². The maximum Gasteiger partial charge on any atom is 0.242 e. The molecule has 2 heterocycles. The zero-order valence-electron chi connectivity index (χ0n) is 21.6. The molecule has 2 aliphatic rings. The van der Waals surface area contributed by atoms with Crippen molar-refractivity contribution < 1.29 is 14.0 Å². The molecule has 5 rings (SSSR count). The first-order chi connectivity index (χ1) is 18.5. The first kappa shape index (κ1) is 27.3. The molecule has 9 heteroatoms. The summed E-state index contributed by atoms with van der Waals surface area (Å²) in [5.74, 6) is -2.12. The maximum absolute atomic E-state index is 15.9. The molecule has 0 radical (unpaired) electrons. The summed E-state index contributed by atoms with van der Waals surface area (Å²) in [5.41, 5.74) is 0.930. The summed E-state index contributed by atoms with van der Waals surface area (Å²) in [6, 6.07) is 17.2. The smallest absolute Gasteiger partial charge is 0.242 e. The fraction of sp³-hybridized carbons (Fsp3) is 0.300. The molecule has 200 valence electrons. The largest absolute Gasteiger partial charge is 0.325 e. The number of nitrogens with zero attached hydrogens (tertiary/aromatic N) is 1. The number of amides is 2. The van der Waals surface area contributed by atoms with Gasteiger partial charge in [0.15, 0.2) is 0 Å². The van der Waals surface area contributed by atoms with Crippen LogP contribution in [0.25, 0.3) is 0 Å². The lowest BCUT2D eigenvalue weighted by Gasteiger charge is -2.37. The molecule has 2 amide bonds. The number of anilines is 2. The van der Waals surface area contributed by atoms with Gasteiger partial charge < -0.3 is 16.0 Å². The first-order valence-electron chi connectivity index (χ1n) is 12.6. The van der Waals surface area contributed by atoms with Crippen LogP contribution in [0.3, 0.4) is 0 Å². The SMILES string of the molecule is CC(C)(C)C[C@@H]1N[C@@H](C(=O)Nc2ccc(C#N)cc2)[C@H](c2cccc(Br)c2F)[C@]12C(=O)Nc1cc(Cl)ccc12. The number of nitrogens with one attached hydrogen (secondary N) is 3. The molecule has 0 unspecified atom stereocenters. The Morgan fingerprint density at radius 1 is 1.18 bits per heavy atom. The Morgan fingerprint density at radius 2 is 1.90 bits per heavy atom. The molecule has 2 aliphatic heterocycles. The van der Waals surface area contributed by atoms with Gasteiger partial charge in [0.2, 0.25) is 11.8 Å². The van der Waals surface area contributed by atoms with Gasteiger partial charge in [0.1, 0.15) is 11.2 Å². The van der Waals surface area contributed by atoms with Crippen LogP contribution in [-0.2, 0) is 15.0 Å². The fourth-order valence-electron chi connectivity index (χ4n) is 6.00. The Morgan fingerprint density at radius 3 is 2.56 bits per heavy atom. The van der Waals surface area contributed by atoms with Gasteiger partial charge in [-0.15, -0.1) is 0 Å². The lowest BCUT2D eigenvalue weighted by Crippen LogP contribution is -2.49. The van der Waals surface area contributed by atoms with E-state index in [2.05, 4.69) is 58.7 Å². The minimum atomic E-state index is -1.29. The van der Waals surface area contributed by atoms with Gasteiger partial charge in [0.25, 0.3) is 0 Å². The van der Waals surface area contributed by atoms with Crippen molar-refractivity contribution in [2.24, 2.45) is 5.41 Å². The minimum Gasteiger partial charge on any atom is -0.325 e. The highest BCUT2D eigenvalue weighted by atomic mass is 79.9. The summed E-state index contributed by atoms with van der Waals surface area (Å²) in [7, 11) is 0. The summed E-state index contributed by atoms with van der Waals surface area (Å²) in [6.45, 7) is 6.20. The van der Waals surface area contributed by atoms with Crippen LogP contribution in [0, 0.1) is 22.6 Å². The quantitative estimate of drug-likeness (QED) is 0.315. The van der Waals surface area contributed by atoms with Gasteiger partial charge in [-0.3, -0.25) is 9.59 Å². The van der Waals surface area contributed by atoms with E-state index in [0.29, 0.717) is 33.9 Å². The van der Waals surface area contributed by atoms with E-state index in [9.17, 15) is 9.59 Å². The van der Waals surface area contributed by atoms with Gasteiger partial charge in [-0.2, -0.15) is 5.26 Å². The third-order valence-electron chi connectivity index (χ3n) is 7.50. The van der Waals surface area contributed by atoms with E-state index in [1.165, 1.54) is 0 Å². The molecule has 3 aromatic rings. The molecule has 0 bridgehead atoms. The van der Waals surface area contributed by atoms with Gasteiger partial charge in [-0.05, 0) is 81.4 Å². The van der Waals surface area contributed by atoms with Crippen molar-refractivity contribution in [2.45, 2.75) is 50.6 Å². The van der Waals surface area contributed by atoms with Crippen LogP contribution in [0.15, 0.2) is 65.1 Å². The van der Waals surface area contributed by atoms with E-state index >= 15 is 4.39 Å². The number of nitriles is 1. The summed E-state index contributed by atoms with van der Waals surface area (Å²) in [6.07, 6.45) is 0.537. The number of rotatable bonds is 4. The molecule has 0 aromatic heterocycles. The van der Waals surface area contributed by atoms with Crippen molar-refractivity contribution in [2.75, 3.05) is 10.6 Å². The number of carbonyl (C=O) groups excluding carboxylic acids is 2. The van der Waals surface area contributed by atoms with Crippen LogP contribution >= 0.6 is 27.5 Å². The molecule has 39 heavy (non-hydrogen) atoms. The van der Waals surface area contributed by atoms with E-state index in [0.717, 1.165) is 0 Å². The average Bonchev–Trinajstić information content (AvgIpc) is 3.35. The fourth-order valence-corrected chi connectivity index (χ4v) is 6.55. The minimum absolute atomic E-state index is 0.223. The van der Waals surface area contributed by atoms with Crippen LogP contribution in [0.5, 0.6) is 0 Å². The van der Waals surface area contributed by atoms with Crippen molar-refractivity contribution in [3.05, 3.63) is 92.7 Å². The Balaban J connectivity index is 1.71. The zero-order chi connectivity index (χ0) is 28.1. The van der Waals surface area contributed by atoms with Gasteiger partial charge in [0, 0.05) is 28.4 Å². The second-order valence-electron chi connectivity index (χ2n) is 11.3. The highest BCUT2D eigenvalue weighted by Gasteiger charge is 2.66. The lowest BCUT2D eigenvalue weighted by molar-refractivity contribution is -0.122. The predicted molar refractivity (Wildman–Crippen MR) is 153 cm³/mol. The molecular formula is C30H27BrClFN4O2. The third-order valence-corrected chi connectivity index (χ3v) is 8.35. The average molecular weight is 610 g/mol. The monoisotopic (exact) mass is 608 g/mol. The topological polar surface area (TPSA) is 94.0 Å². The summed E-state index contributed by atoms with van der Waals surface area (Å²) in [5, 5.41) is 18.9. The predicted octanol–water partition coefficient (Wildman–Crippen LogP) is 6.50. The second-order valence-corrected chi connectivity index (χ2v) is 12.6. The van der Waals surface area contributed by atoms with Crippen LogP contribution in [0.1, 0.15) is 49.8 Å². The van der Waals surface area contributed by atoms with E-state index in [4.69, 9.17) is 16.9 Å². The first-order valence-corrected chi connectivity index (χ1v) is 13.8. The van der Waals surface area contributed by atoms with Gasteiger partial charge in [0.05, 0.1) is 22.1 Å². The van der Waals surface area contributed by atoms with Crippen LogP contribution in [0.2, 0.25) is 5.02 Å². The molecule has 1 spiro atoms. The normalized spacial score (nSPS) is 23.8. The van der Waals surface area contributed by atoms with Gasteiger partial charge in [-0.1, -0.05) is 50.6 Å². The highest BCUT2D eigenvalue weighted by molar-refractivity contribution is 9.10. The third kappa shape index (κ3) is 4.73. The highest BCUT2D eigenvalue weighted by Crippen LogP contribution is 2.57. The molecule has 1 saturated heterocycles. The van der Waals surface area contributed by atoms with Crippen molar-refractivity contribution in [1.29, 1.82) is 5.26 Å². The molecule has 0 aliphatic carbocycles. The number of fused-ring (bicyclic) bond motifs is 2. The van der Waals surface area contributed by atoms with Gasteiger partial charge >= 0.3 is 0 Å². The Bertz CT molecular complexity index is 1510. The van der Waals surface area contributed by atoms with E-state index in [1.54, 1.807) is 60.7 Å². The lowest BCUT2D eigenvalue weighted by atomic mass is 9.62.